The molecular formula is C10H20O2. The van der Waals surface area contributed by atoms with Crippen molar-refractivity contribution in [2.45, 2.75) is 33.8 Å². The molecule has 72 valence electrons. The van der Waals surface area contributed by atoms with Crippen molar-refractivity contribution in [3.8, 4) is 0 Å². The maximum absolute atomic E-state index is 9.79. The maximum Gasteiger partial charge on any atom is 0.0600 e. The van der Waals surface area contributed by atoms with E-state index < -0.39 is 0 Å². The van der Waals surface area contributed by atoms with Crippen molar-refractivity contribution in [2.24, 2.45) is 23.2 Å². The lowest BCUT2D eigenvalue weighted by molar-refractivity contribution is 0.0848. The molecule has 2 nitrogen and oxygen atoms in total. The van der Waals surface area contributed by atoms with Gasteiger partial charge in [0.25, 0.3) is 0 Å². The van der Waals surface area contributed by atoms with Gasteiger partial charge < -0.3 is 10.2 Å². The van der Waals surface area contributed by atoms with Crippen LogP contribution in [-0.2, 0) is 0 Å². The highest BCUT2D eigenvalue weighted by molar-refractivity contribution is 5.08. The Hall–Kier alpha value is -0.0800. The van der Waals surface area contributed by atoms with E-state index in [1.54, 1.807) is 0 Å². The Balaban J connectivity index is 2.57. The predicted molar refractivity (Wildman–Crippen MR) is 48.7 cm³/mol. The highest BCUT2D eigenvalue weighted by Crippen LogP contribution is 2.60. The second kappa shape index (κ2) is 3.00. The van der Waals surface area contributed by atoms with Gasteiger partial charge in [0.05, 0.1) is 6.10 Å². The summed E-state index contributed by atoms with van der Waals surface area (Å²) in [5, 5.41) is 18.8. The molecule has 2 heteroatoms. The molecule has 0 radical (unpaired) electrons. The van der Waals surface area contributed by atoms with Gasteiger partial charge in [0.15, 0.2) is 0 Å². The van der Waals surface area contributed by atoms with Crippen LogP contribution in [-0.4, -0.2) is 22.9 Å². The van der Waals surface area contributed by atoms with E-state index in [2.05, 4.69) is 13.8 Å². The van der Waals surface area contributed by atoms with Gasteiger partial charge in [-0.05, 0) is 23.2 Å². The SMILES string of the molecule is CC(C)C(O)[C@@H]1[C@H](CO)C1(C)C. The van der Waals surface area contributed by atoms with E-state index in [4.69, 9.17) is 5.11 Å². The van der Waals surface area contributed by atoms with Crippen LogP contribution in [0.5, 0.6) is 0 Å². The Morgan fingerprint density at radius 3 is 2.08 bits per heavy atom. The first-order valence-corrected chi connectivity index (χ1v) is 4.71. The van der Waals surface area contributed by atoms with E-state index in [0.29, 0.717) is 17.8 Å². The van der Waals surface area contributed by atoms with E-state index in [0.717, 1.165) is 0 Å². The van der Waals surface area contributed by atoms with Gasteiger partial charge in [-0.25, -0.2) is 0 Å². The largest absolute Gasteiger partial charge is 0.396 e. The summed E-state index contributed by atoms with van der Waals surface area (Å²) in [5.41, 5.74) is 0.137. The van der Waals surface area contributed by atoms with Gasteiger partial charge in [0.2, 0.25) is 0 Å². The van der Waals surface area contributed by atoms with Gasteiger partial charge in [-0.3, -0.25) is 0 Å². The molecule has 0 aliphatic heterocycles. The molecule has 1 aliphatic rings. The molecule has 0 aromatic heterocycles. The number of hydrogen-bond acceptors (Lipinski definition) is 2. The van der Waals surface area contributed by atoms with Crippen molar-refractivity contribution in [3.63, 3.8) is 0 Å². The monoisotopic (exact) mass is 172 g/mol. The van der Waals surface area contributed by atoms with Gasteiger partial charge in [-0.1, -0.05) is 27.7 Å². The summed E-state index contributed by atoms with van der Waals surface area (Å²) in [4.78, 5) is 0. The van der Waals surface area contributed by atoms with Crippen LogP contribution >= 0.6 is 0 Å². The van der Waals surface area contributed by atoms with E-state index in [-0.39, 0.29) is 18.1 Å². The molecule has 0 saturated heterocycles. The van der Waals surface area contributed by atoms with Crippen molar-refractivity contribution in [1.82, 2.24) is 0 Å². The first-order valence-electron chi connectivity index (χ1n) is 4.71. The third kappa shape index (κ3) is 1.38. The molecule has 1 unspecified atom stereocenters. The number of aliphatic hydroxyl groups excluding tert-OH is 2. The smallest absolute Gasteiger partial charge is 0.0600 e. The molecular weight excluding hydrogens is 152 g/mol. The van der Waals surface area contributed by atoms with Gasteiger partial charge in [0.1, 0.15) is 0 Å². The van der Waals surface area contributed by atoms with Gasteiger partial charge in [0, 0.05) is 6.61 Å². The minimum atomic E-state index is -0.253. The van der Waals surface area contributed by atoms with Crippen LogP contribution in [0.3, 0.4) is 0 Å². The second-order valence-electron chi connectivity index (χ2n) is 4.87. The molecule has 3 atom stereocenters. The van der Waals surface area contributed by atoms with Crippen molar-refractivity contribution in [1.29, 1.82) is 0 Å². The fourth-order valence-electron chi connectivity index (χ4n) is 2.23. The van der Waals surface area contributed by atoms with Crippen molar-refractivity contribution < 1.29 is 10.2 Å². The van der Waals surface area contributed by atoms with Crippen LogP contribution in [0.4, 0.5) is 0 Å². The van der Waals surface area contributed by atoms with Crippen molar-refractivity contribution >= 4 is 0 Å². The quantitative estimate of drug-likeness (QED) is 0.673. The van der Waals surface area contributed by atoms with Crippen LogP contribution < -0.4 is 0 Å². The van der Waals surface area contributed by atoms with Crippen molar-refractivity contribution in [2.75, 3.05) is 6.61 Å². The minimum absolute atomic E-state index is 0.137. The highest BCUT2D eigenvalue weighted by atomic mass is 16.3. The Bertz CT molecular complexity index is 163. The molecule has 12 heavy (non-hydrogen) atoms. The predicted octanol–water partition coefficient (Wildman–Crippen LogP) is 1.27. The summed E-state index contributed by atoms with van der Waals surface area (Å²) in [6.07, 6.45) is -0.253. The third-order valence-corrected chi connectivity index (χ3v) is 3.39. The Kier molecular flexibility index (Phi) is 2.50. The zero-order valence-electron chi connectivity index (χ0n) is 8.41. The first-order chi connectivity index (χ1) is 5.42. The van der Waals surface area contributed by atoms with Gasteiger partial charge in [-0.2, -0.15) is 0 Å². The Morgan fingerprint density at radius 1 is 1.33 bits per heavy atom. The average molecular weight is 172 g/mol. The molecule has 0 spiro atoms. The lowest BCUT2D eigenvalue weighted by Crippen LogP contribution is -2.20. The van der Waals surface area contributed by atoms with E-state index in [9.17, 15) is 5.11 Å². The number of rotatable bonds is 3. The standard InChI is InChI=1S/C10H20O2/c1-6(2)9(12)8-7(5-11)10(8,3)4/h6-9,11-12H,5H2,1-4H3/t7-,8-,9?/m0/s1. The summed E-state index contributed by atoms with van der Waals surface area (Å²) >= 11 is 0. The molecule has 1 saturated carbocycles. The topological polar surface area (TPSA) is 40.5 Å². The third-order valence-electron chi connectivity index (χ3n) is 3.39. The van der Waals surface area contributed by atoms with E-state index in [1.807, 2.05) is 13.8 Å². The van der Waals surface area contributed by atoms with Crippen LogP contribution in [0.25, 0.3) is 0 Å². The fraction of sp³-hybridized carbons (Fsp3) is 1.00. The molecule has 2 N–H and O–H groups in total. The molecule has 0 aromatic rings. The van der Waals surface area contributed by atoms with E-state index in [1.165, 1.54) is 0 Å². The summed E-state index contributed by atoms with van der Waals surface area (Å²) in [5.74, 6) is 0.892. The summed E-state index contributed by atoms with van der Waals surface area (Å²) < 4.78 is 0. The van der Waals surface area contributed by atoms with Crippen LogP contribution in [0.15, 0.2) is 0 Å². The molecule has 1 rings (SSSR count). The summed E-state index contributed by atoms with van der Waals surface area (Å²) in [6.45, 7) is 8.48. The summed E-state index contributed by atoms with van der Waals surface area (Å²) in [6, 6.07) is 0. The Labute approximate surface area is 74.6 Å². The second-order valence-corrected chi connectivity index (χ2v) is 4.87. The molecule has 1 fully saturated rings. The molecule has 1 aliphatic carbocycles. The molecule has 0 bridgehead atoms. The van der Waals surface area contributed by atoms with Crippen molar-refractivity contribution in [3.05, 3.63) is 0 Å². The van der Waals surface area contributed by atoms with Gasteiger partial charge >= 0.3 is 0 Å². The van der Waals surface area contributed by atoms with Crippen LogP contribution in [0, 0.1) is 23.2 Å². The summed E-state index contributed by atoms with van der Waals surface area (Å²) in [7, 11) is 0. The zero-order chi connectivity index (χ0) is 9.52. The lowest BCUT2D eigenvalue weighted by Gasteiger charge is -2.15. The molecule has 0 heterocycles. The average Bonchev–Trinajstić information content (AvgIpc) is 2.50. The molecule has 0 amide bonds. The highest BCUT2D eigenvalue weighted by Gasteiger charge is 2.60. The zero-order valence-corrected chi connectivity index (χ0v) is 8.41. The minimum Gasteiger partial charge on any atom is -0.396 e. The normalized spacial score (nSPS) is 35.2. The maximum atomic E-state index is 9.79. The number of hydrogen-bond donors (Lipinski definition) is 2. The number of aliphatic hydroxyl groups is 2. The van der Waals surface area contributed by atoms with Gasteiger partial charge in [-0.15, -0.1) is 0 Å². The van der Waals surface area contributed by atoms with Crippen LogP contribution in [0.1, 0.15) is 27.7 Å². The fourth-order valence-corrected chi connectivity index (χ4v) is 2.23. The Morgan fingerprint density at radius 2 is 1.83 bits per heavy atom. The first kappa shape index (κ1) is 10.0. The molecule has 0 aromatic carbocycles. The van der Waals surface area contributed by atoms with E-state index >= 15 is 0 Å². The lowest BCUT2D eigenvalue weighted by atomic mass is 9.98. The van der Waals surface area contributed by atoms with Crippen LogP contribution in [0.2, 0.25) is 0 Å².